The summed E-state index contributed by atoms with van der Waals surface area (Å²) in [7, 11) is 0. The lowest BCUT2D eigenvalue weighted by Crippen LogP contribution is -2.18. The molecule has 1 aromatic carbocycles. The molecule has 0 saturated carbocycles. The van der Waals surface area contributed by atoms with E-state index in [0.29, 0.717) is 22.6 Å². The predicted octanol–water partition coefficient (Wildman–Crippen LogP) is 3.06. The highest BCUT2D eigenvalue weighted by atomic mass is 32.2. The Kier molecular flexibility index (Phi) is 4.20. The van der Waals surface area contributed by atoms with Crippen LogP contribution in [0.2, 0.25) is 0 Å². The molecule has 1 aliphatic rings. The van der Waals surface area contributed by atoms with Crippen LogP contribution in [0.4, 0.5) is 5.95 Å². The van der Waals surface area contributed by atoms with Gasteiger partial charge in [0.2, 0.25) is 22.8 Å². The molecule has 1 saturated heterocycles. The highest BCUT2D eigenvalue weighted by Gasteiger charge is 2.17. The fourth-order valence-corrected chi connectivity index (χ4v) is 3.26. The molecule has 8 heteroatoms. The minimum atomic E-state index is 0.552. The van der Waals surface area contributed by atoms with Gasteiger partial charge in [-0.05, 0) is 19.8 Å². The van der Waals surface area contributed by atoms with E-state index in [1.165, 1.54) is 30.2 Å². The number of hydrogen-bond donors (Lipinski definition) is 1. The van der Waals surface area contributed by atoms with Gasteiger partial charge in [-0.15, -0.1) is 5.10 Å². The summed E-state index contributed by atoms with van der Waals surface area (Å²) < 4.78 is 5.32. The van der Waals surface area contributed by atoms with Crippen LogP contribution < -0.4 is 4.90 Å². The fourth-order valence-electron chi connectivity index (χ4n) is 2.63. The van der Waals surface area contributed by atoms with Crippen molar-refractivity contribution in [1.82, 2.24) is 25.3 Å². The maximum Gasteiger partial charge on any atom is 0.237 e. The second-order valence-electron chi connectivity index (χ2n) is 5.80. The topological polar surface area (TPSA) is 83.7 Å². The summed E-state index contributed by atoms with van der Waals surface area (Å²) in [6.07, 6.45) is 2.43. The summed E-state index contributed by atoms with van der Waals surface area (Å²) >= 11 is 1.49. The summed E-state index contributed by atoms with van der Waals surface area (Å²) in [4.78, 5) is 11.2. The lowest BCUT2D eigenvalue weighted by Gasteiger charge is -2.11. The molecule has 124 valence electrons. The smallest absolute Gasteiger partial charge is 0.237 e. The number of H-pyrrole nitrogens is 1. The van der Waals surface area contributed by atoms with E-state index < -0.39 is 0 Å². The van der Waals surface area contributed by atoms with Gasteiger partial charge in [0.25, 0.3) is 0 Å². The van der Waals surface area contributed by atoms with Crippen LogP contribution in [0, 0.1) is 6.92 Å². The van der Waals surface area contributed by atoms with Crippen molar-refractivity contribution in [2.24, 2.45) is 0 Å². The van der Waals surface area contributed by atoms with Gasteiger partial charge in [0.15, 0.2) is 0 Å². The molecule has 0 spiro atoms. The average molecular weight is 342 g/mol. The van der Waals surface area contributed by atoms with Crippen molar-refractivity contribution in [1.29, 1.82) is 0 Å². The standard InChI is InChI=1S/C16H18N6OS/c1-11-4-6-12(7-5-11)14-17-13(23-21-14)10-24-16-18-15(19-20-16)22-8-2-3-9-22/h4-7H,2-3,8-10H2,1H3,(H,18,19,20). The average Bonchev–Trinajstić information content (AvgIpc) is 3.34. The first-order valence-corrected chi connectivity index (χ1v) is 8.96. The molecule has 2 aromatic heterocycles. The third-order valence-corrected chi connectivity index (χ3v) is 4.79. The summed E-state index contributed by atoms with van der Waals surface area (Å²) in [6.45, 7) is 4.14. The van der Waals surface area contributed by atoms with E-state index in [2.05, 4.69) is 37.1 Å². The Bertz CT molecular complexity index is 806. The van der Waals surface area contributed by atoms with E-state index in [9.17, 15) is 0 Å². The number of nitrogens with zero attached hydrogens (tertiary/aromatic N) is 5. The number of aromatic amines is 1. The van der Waals surface area contributed by atoms with E-state index in [4.69, 9.17) is 4.52 Å². The quantitative estimate of drug-likeness (QED) is 0.713. The fraction of sp³-hybridized carbons (Fsp3) is 0.375. The zero-order chi connectivity index (χ0) is 16.4. The first-order valence-electron chi connectivity index (χ1n) is 7.98. The third-order valence-electron chi connectivity index (χ3n) is 3.96. The van der Waals surface area contributed by atoms with Gasteiger partial charge in [0.05, 0.1) is 5.75 Å². The number of benzene rings is 1. The molecule has 4 rings (SSSR count). The summed E-state index contributed by atoms with van der Waals surface area (Å²) in [5.41, 5.74) is 2.16. The van der Waals surface area contributed by atoms with E-state index in [0.717, 1.165) is 24.6 Å². The normalized spacial score (nSPS) is 14.5. The van der Waals surface area contributed by atoms with Gasteiger partial charge in [-0.1, -0.05) is 46.7 Å². The SMILES string of the molecule is Cc1ccc(-c2noc(CSc3n[nH]c(N4CCCC4)n3)n2)cc1. The van der Waals surface area contributed by atoms with Crippen LogP contribution in [0.25, 0.3) is 11.4 Å². The Labute approximate surface area is 143 Å². The second kappa shape index (κ2) is 6.64. The molecular weight excluding hydrogens is 324 g/mol. The maximum absolute atomic E-state index is 5.32. The molecule has 1 N–H and O–H groups in total. The lowest BCUT2D eigenvalue weighted by molar-refractivity contribution is 0.391. The first-order chi connectivity index (χ1) is 11.8. The van der Waals surface area contributed by atoms with Crippen LogP contribution in [0.3, 0.4) is 0 Å². The number of aryl methyl sites for hydroxylation is 1. The van der Waals surface area contributed by atoms with Gasteiger partial charge >= 0.3 is 0 Å². The largest absolute Gasteiger partial charge is 0.341 e. The van der Waals surface area contributed by atoms with Gasteiger partial charge < -0.3 is 9.42 Å². The Balaban J connectivity index is 1.38. The molecule has 24 heavy (non-hydrogen) atoms. The van der Waals surface area contributed by atoms with Crippen molar-refractivity contribution < 1.29 is 4.52 Å². The minimum Gasteiger partial charge on any atom is -0.341 e. The number of rotatable bonds is 5. The van der Waals surface area contributed by atoms with Gasteiger partial charge in [-0.2, -0.15) is 9.97 Å². The molecule has 1 aliphatic heterocycles. The van der Waals surface area contributed by atoms with Crippen LogP contribution in [0.1, 0.15) is 24.3 Å². The van der Waals surface area contributed by atoms with Crippen molar-refractivity contribution in [2.75, 3.05) is 18.0 Å². The van der Waals surface area contributed by atoms with E-state index in [1.807, 2.05) is 24.3 Å². The van der Waals surface area contributed by atoms with Crippen molar-refractivity contribution in [3.63, 3.8) is 0 Å². The lowest BCUT2D eigenvalue weighted by atomic mass is 10.1. The number of thioether (sulfide) groups is 1. The van der Waals surface area contributed by atoms with Gasteiger partial charge in [-0.3, -0.25) is 0 Å². The molecule has 0 aliphatic carbocycles. The summed E-state index contributed by atoms with van der Waals surface area (Å²) in [5, 5.41) is 12.0. The van der Waals surface area contributed by atoms with E-state index in [-0.39, 0.29) is 0 Å². The molecule has 3 aromatic rings. The highest BCUT2D eigenvalue weighted by molar-refractivity contribution is 7.98. The maximum atomic E-state index is 5.32. The predicted molar refractivity (Wildman–Crippen MR) is 91.9 cm³/mol. The Hall–Kier alpha value is -2.35. The Morgan fingerprint density at radius 2 is 1.96 bits per heavy atom. The van der Waals surface area contributed by atoms with Crippen LogP contribution in [-0.2, 0) is 5.75 Å². The van der Waals surface area contributed by atoms with Gasteiger partial charge in [0.1, 0.15) is 0 Å². The van der Waals surface area contributed by atoms with Gasteiger partial charge in [0, 0.05) is 18.7 Å². The van der Waals surface area contributed by atoms with Crippen LogP contribution in [-0.4, -0.2) is 38.4 Å². The van der Waals surface area contributed by atoms with Crippen LogP contribution in [0.15, 0.2) is 33.9 Å². The Morgan fingerprint density at radius 3 is 2.75 bits per heavy atom. The van der Waals surface area contributed by atoms with Crippen molar-refractivity contribution in [3.05, 3.63) is 35.7 Å². The minimum absolute atomic E-state index is 0.552. The number of anilines is 1. The van der Waals surface area contributed by atoms with Gasteiger partial charge in [-0.25, -0.2) is 5.10 Å². The zero-order valence-electron chi connectivity index (χ0n) is 13.4. The zero-order valence-corrected chi connectivity index (χ0v) is 14.2. The molecule has 0 bridgehead atoms. The molecule has 3 heterocycles. The number of nitrogens with one attached hydrogen (secondary N) is 1. The molecule has 0 atom stereocenters. The number of hydrogen-bond acceptors (Lipinski definition) is 7. The molecule has 0 amide bonds. The molecular formula is C16H18N6OS. The first kappa shape index (κ1) is 15.2. The van der Waals surface area contributed by atoms with E-state index in [1.54, 1.807) is 0 Å². The van der Waals surface area contributed by atoms with Crippen molar-refractivity contribution >= 4 is 17.7 Å². The highest BCUT2D eigenvalue weighted by Crippen LogP contribution is 2.23. The molecule has 1 fully saturated rings. The van der Waals surface area contributed by atoms with Crippen molar-refractivity contribution in [3.8, 4) is 11.4 Å². The summed E-state index contributed by atoms with van der Waals surface area (Å²) in [5.74, 6) is 2.58. The van der Waals surface area contributed by atoms with Crippen molar-refractivity contribution in [2.45, 2.75) is 30.7 Å². The van der Waals surface area contributed by atoms with Crippen LogP contribution in [0.5, 0.6) is 0 Å². The molecule has 0 unspecified atom stereocenters. The molecule has 7 nitrogen and oxygen atoms in total. The monoisotopic (exact) mass is 342 g/mol. The number of aromatic nitrogens is 5. The van der Waals surface area contributed by atoms with Crippen LogP contribution >= 0.6 is 11.8 Å². The third kappa shape index (κ3) is 3.28. The Morgan fingerprint density at radius 1 is 1.17 bits per heavy atom. The van der Waals surface area contributed by atoms with E-state index >= 15 is 0 Å². The summed E-state index contributed by atoms with van der Waals surface area (Å²) in [6, 6.07) is 8.06. The second-order valence-corrected chi connectivity index (χ2v) is 6.74. The molecule has 0 radical (unpaired) electrons.